The lowest BCUT2D eigenvalue weighted by molar-refractivity contribution is -0.137. The first kappa shape index (κ1) is 22.6. The van der Waals surface area contributed by atoms with Crippen molar-refractivity contribution >= 4 is 17.3 Å². The van der Waals surface area contributed by atoms with Crippen LogP contribution in [0.1, 0.15) is 24.6 Å². The summed E-state index contributed by atoms with van der Waals surface area (Å²) >= 11 is 0. The molecule has 0 fully saturated rings. The van der Waals surface area contributed by atoms with Gasteiger partial charge in [-0.05, 0) is 31.0 Å². The fourth-order valence-corrected chi connectivity index (χ4v) is 3.87. The molecule has 1 N–H and O–H groups in total. The Morgan fingerprint density at radius 2 is 1.91 bits per heavy atom. The largest absolute Gasteiger partial charge is 0.417 e. The van der Waals surface area contributed by atoms with Crippen molar-refractivity contribution < 1.29 is 13.2 Å². The van der Waals surface area contributed by atoms with Crippen LogP contribution in [0.2, 0.25) is 0 Å². The molecule has 0 radical (unpaired) electrons. The number of hydrogen-bond acceptors (Lipinski definition) is 6. The van der Waals surface area contributed by atoms with Crippen molar-refractivity contribution in [2.24, 2.45) is 0 Å². The SMILES string of the molecule is C=C(Nc1cc(CC)ncn1)N1CCCN(C)c2ccc(-c3ccccc3C(F)(F)F)nc21. The molecule has 172 valence electrons. The van der Waals surface area contributed by atoms with Gasteiger partial charge in [-0.25, -0.2) is 15.0 Å². The molecule has 3 aromatic rings. The molecule has 2 aromatic heterocycles. The number of anilines is 3. The smallest absolute Gasteiger partial charge is 0.372 e. The Labute approximate surface area is 190 Å². The lowest BCUT2D eigenvalue weighted by atomic mass is 10.0. The Morgan fingerprint density at radius 3 is 2.67 bits per heavy atom. The third-order valence-corrected chi connectivity index (χ3v) is 5.59. The minimum Gasteiger partial charge on any atom is -0.372 e. The zero-order chi connectivity index (χ0) is 23.6. The molecule has 0 unspecified atom stereocenters. The summed E-state index contributed by atoms with van der Waals surface area (Å²) in [5, 5.41) is 3.21. The average Bonchev–Trinajstić information content (AvgIpc) is 2.97. The van der Waals surface area contributed by atoms with Crippen molar-refractivity contribution in [3.8, 4) is 11.3 Å². The van der Waals surface area contributed by atoms with Gasteiger partial charge in [0.1, 0.15) is 18.0 Å². The fourth-order valence-electron chi connectivity index (χ4n) is 3.87. The molecular formula is C24H25F3N6. The van der Waals surface area contributed by atoms with E-state index in [-0.39, 0.29) is 11.3 Å². The van der Waals surface area contributed by atoms with Crippen LogP contribution in [0.5, 0.6) is 0 Å². The van der Waals surface area contributed by atoms with Crippen molar-refractivity contribution in [3.63, 3.8) is 0 Å². The maximum absolute atomic E-state index is 13.6. The van der Waals surface area contributed by atoms with Gasteiger partial charge in [-0.1, -0.05) is 31.7 Å². The van der Waals surface area contributed by atoms with Gasteiger partial charge in [-0.15, -0.1) is 0 Å². The van der Waals surface area contributed by atoms with E-state index in [1.807, 2.05) is 31.0 Å². The summed E-state index contributed by atoms with van der Waals surface area (Å²) < 4.78 is 40.9. The van der Waals surface area contributed by atoms with Gasteiger partial charge >= 0.3 is 6.18 Å². The molecule has 0 atom stereocenters. The number of benzene rings is 1. The van der Waals surface area contributed by atoms with Gasteiger partial charge < -0.3 is 15.1 Å². The fraction of sp³-hybridized carbons (Fsp3) is 0.292. The number of aryl methyl sites for hydroxylation is 1. The number of aromatic nitrogens is 3. The van der Waals surface area contributed by atoms with E-state index in [9.17, 15) is 13.2 Å². The highest BCUT2D eigenvalue weighted by Crippen LogP contribution is 2.39. The average molecular weight is 455 g/mol. The number of pyridine rings is 1. The Hall–Kier alpha value is -3.62. The summed E-state index contributed by atoms with van der Waals surface area (Å²) in [4.78, 5) is 17.1. The Morgan fingerprint density at radius 1 is 1.12 bits per heavy atom. The number of hydrogen-bond donors (Lipinski definition) is 1. The van der Waals surface area contributed by atoms with Gasteiger partial charge in [0.25, 0.3) is 0 Å². The molecule has 1 aromatic carbocycles. The van der Waals surface area contributed by atoms with Crippen LogP contribution < -0.4 is 15.1 Å². The molecule has 0 aliphatic carbocycles. The molecule has 0 saturated heterocycles. The third kappa shape index (κ3) is 4.76. The molecular weight excluding hydrogens is 429 g/mol. The first-order valence-corrected chi connectivity index (χ1v) is 10.7. The summed E-state index contributed by atoms with van der Waals surface area (Å²) in [6, 6.07) is 10.8. The second-order valence-corrected chi connectivity index (χ2v) is 7.83. The number of halogens is 3. The molecule has 0 amide bonds. The summed E-state index contributed by atoms with van der Waals surface area (Å²) in [6.07, 6.45) is -1.39. The van der Waals surface area contributed by atoms with Crippen LogP contribution in [0, 0.1) is 0 Å². The maximum Gasteiger partial charge on any atom is 0.417 e. The first-order valence-electron chi connectivity index (χ1n) is 10.7. The lowest BCUT2D eigenvalue weighted by Gasteiger charge is -2.27. The summed E-state index contributed by atoms with van der Waals surface area (Å²) in [5.74, 6) is 1.69. The second-order valence-electron chi connectivity index (χ2n) is 7.83. The van der Waals surface area contributed by atoms with Gasteiger partial charge in [0, 0.05) is 37.5 Å². The Kier molecular flexibility index (Phi) is 6.22. The van der Waals surface area contributed by atoms with E-state index in [1.54, 1.807) is 12.1 Å². The molecule has 1 aliphatic heterocycles. The number of fused-ring (bicyclic) bond motifs is 1. The summed E-state index contributed by atoms with van der Waals surface area (Å²) in [5.41, 5.74) is 1.30. The van der Waals surface area contributed by atoms with Crippen LogP contribution in [0.4, 0.5) is 30.5 Å². The highest BCUT2D eigenvalue weighted by atomic mass is 19.4. The zero-order valence-corrected chi connectivity index (χ0v) is 18.5. The van der Waals surface area contributed by atoms with Crippen LogP contribution >= 0.6 is 0 Å². The normalized spacial score (nSPS) is 14.0. The molecule has 6 nitrogen and oxygen atoms in total. The van der Waals surface area contributed by atoms with Crippen LogP contribution in [0.15, 0.2) is 61.2 Å². The van der Waals surface area contributed by atoms with Crippen molar-refractivity contribution in [1.29, 1.82) is 0 Å². The zero-order valence-electron chi connectivity index (χ0n) is 18.5. The van der Waals surface area contributed by atoms with E-state index in [2.05, 4.69) is 26.8 Å². The minimum absolute atomic E-state index is 0.0432. The van der Waals surface area contributed by atoms with Crippen molar-refractivity contribution in [3.05, 3.63) is 72.4 Å². The van der Waals surface area contributed by atoms with Crippen LogP contribution in [-0.4, -0.2) is 35.1 Å². The van der Waals surface area contributed by atoms with E-state index in [1.165, 1.54) is 18.5 Å². The Balaban J connectivity index is 1.74. The second kappa shape index (κ2) is 9.09. The Bertz CT molecular complexity index is 1160. The predicted octanol–water partition coefficient (Wildman–Crippen LogP) is 5.35. The van der Waals surface area contributed by atoms with E-state index in [4.69, 9.17) is 4.98 Å². The van der Waals surface area contributed by atoms with Crippen LogP contribution in [0.3, 0.4) is 0 Å². The van der Waals surface area contributed by atoms with E-state index in [0.717, 1.165) is 36.8 Å². The minimum atomic E-state index is -4.48. The molecule has 0 saturated carbocycles. The number of rotatable bonds is 5. The third-order valence-electron chi connectivity index (χ3n) is 5.59. The van der Waals surface area contributed by atoms with E-state index < -0.39 is 11.7 Å². The maximum atomic E-state index is 13.6. The van der Waals surface area contributed by atoms with Crippen molar-refractivity contribution in [2.45, 2.75) is 25.9 Å². The van der Waals surface area contributed by atoms with Crippen molar-refractivity contribution in [1.82, 2.24) is 15.0 Å². The summed E-state index contributed by atoms with van der Waals surface area (Å²) in [7, 11) is 1.95. The van der Waals surface area contributed by atoms with E-state index >= 15 is 0 Å². The lowest BCUT2D eigenvalue weighted by Crippen LogP contribution is -2.28. The predicted molar refractivity (Wildman–Crippen MR) is 124 cm³/mol. The first-order chi connectivity index (χ1) is 15.8. The quantitative estimate of drug-likeness (QED) is 0.561. The molecule has 1 aliphatic rings. The van der Waals surface area contributed by atoms with Crippen LogP contribution in [0.25, 0.3) is 11.3 Å². The van der Waals surface area contributed by atoms with Gasteiger partial charge in [-0.3, -0.25) is 0 Å². The highest BCUT2D eigenvalue weighted by molar-refractivity contribution is 5.76. The molecule has 9 heteroatoms. The topological polar surface area (TPSA) is 57.2 Å². The highest BCUT2D eigenvalue weighted by Gasteiger charge is 2.34. The molecule has 4 rings (SSSR count). The van der Waals surface area contributed by atoms with Crippen LogP contribution in [-0.2, 0) is 12.6 Å². The van der Waals surface area contributed by atoms with Gasteiger partial charge in [-0.2, -0.15) is 13.2 Å². The standard InChI is InChI=1S/C24H25F3N6/c1-4-17-14-22(29-15-28-17)30-16(2)33-13-7-12-32(3)21-11-10-20(31-23(21)33)18-8-5-6-9-19(18)24(25,26)27/h5-6,8-11,14-15H,2,4,7,12-13H2,1,3H3,(H,28,29,30). The number of alkyl halides is 3. The van der Waals surface area contributed by atoms with Gasteiger partial charge in [0.2, 0.25) is 0 Å². The van der Waals surface area contributed by atoms with E-state index in [0.29, 0.717) is 24.0 Å². The molecule has 0 bridgehead atoms. The number of nitrogens with one attached hydrogen (secondary N) is 1. The van der Waals surface area contributed by atoms with Crippen molar-refractivity contribution in [2.75, 3.05) is 35.3 Å². The number of nitrogens with zero attached hydrogens (tertiary/aromatic N) is 5. The molecule has 33 heavy (non-hydrogen) atoms. The molecule has 0 spiro atoms. The summed E-state index contributed by atoms with van der Waals surface area (Å²) in [6.45, 7) is 7.56. The monoisotopic (exact) mass is 454 g/mol. The van der Waals surface area contributed by atoms with Gasteiger partial charge in [0.05, 0.1) is 16.9 Å². The van der Waals surface area contributed by atoms with Gasteiger partial charge in [0.15, 0.2) is 5.82 Å². The molecule has 3 heterocycles.